The summed E-state index contributed by atoms with van der Waals surface area (Å²) in [6.07, 6.45) is 0.821. The third-order valence-corrected chi connectivity index (χ3v) is 3.37. The molecule has 0 aliphatic heterocycles. The van der Waals surface area contributed by atoms with Gasteiger partial charge in [0.2, 0.25) is 0 Å². The summed E-state index contributed by atoms with van der Waals surface area (Å²) in [6.45, 7) is 2.06. The smallest absolute Gasteiger partial charge is 0.186 e. The van der Waals surface area contributed by atoms with E-state index in [4.69, 9.17) is 5.73 Å². The molecule has 0 atom stereocenters. The molecule has 0 saturated carbocycles. The van der Waals surface area contributed by atoms with Crippen LogP contribution in [0.2, 0.25) is 0 Å². The van der Waals surface area contributed by atoms with Crippen molar-refractivity contribution in [3.05, 3.63) is 34.4 Å². The van der Waals surface area contributed by atoms with Gasteiger partial charge in [-0.15, -0.1) is 0 Å². The van der Waals surface area contributed by atoms with Crippen molar-refractivity contribution in [2.24, 2.45) is 0 Å². The highest BCUT2D eigenvalue weighted by atomic mass is 79.9. The number of nitrogens with one attached hydrogen (secondary N) is 1. The quantitative estimate of drug-likeness (QED) is 0.764. The lowest BCUT2D eigenvalue weighted by Gasteiger charge is -2.01. The van der Waals surface area contributed by atoms with E-state index in [9.17, 15) is 0 Å². The maximum Gasteiger partial charge on any atom is 0.186 e. The molecule has 18 heavy (non-hydrogen) atoms. The first-order valence-electron chi connectivity index (χ1n) is 5.68. The van der Waals surface area contributed by atoms with Crippen LogP contribution in [0.1, 0.15) is 12.6 Å². The van der Waals surface area contributed by atoms with Gasteiger partial charge in [-0.05, 0) is 24.6 Å². The molecule has 0 aliphatic carbocycles. The summed E-state index contributed by atoms with van der Waals surface area (Å²) in [4.78, 5) is 0. The summed E-state index contributed by atoms with van der Waals surface area (Å²) in [6, 6.07) is 7.93. The number of nitrogen functional groups attached to an aromatic ring is 1. The highest BCUT2D eigenvalue weighted by Gasteiger charge is 2.16. The lowest BCUT2D eigenvalue weighted by Crippen LogP contribution is -1.98. The zero-order valence-corrected chi connectivity index (χ0v) is 11.4. The Kier molecular flexibility index (Phi) is 2.59. The Hall–Kier alpha value is -1.82. The molecular formula is C12H12BrN5. The maximum atomic E-state index is 5.89. The number of aryl methyl sites for hydroxylation is 1. The molecule has 3 N–H and O–H groups in total. The van der Waals surface area contributed by atoms with Crippen LogP contribution < -0.4 is 5.73 Å². The Morgan fingerprint density at radius 3 is 3.00 bits per heavy atom. The Bertz CT molecular complexity index is 712. The van der Waals surface area contributed by atoms with Crippen molar-refractivity contribution in [1.29, 1.82) is 0 Å². The number of hydrogen-bond acceptors (Lipinski definition) is 3. The van der Waals surface area contributed by atoms with E-state index in [-0.39, 0.29) is 0 Å². The number of aromatic amines is 1. The molecule has 0 fully saturated rings. The summed E-state index contributed by atoms with van der Waals surface area (Å²) in [5.74, 6) is 0.572. The van der Waals surface area contributed by atoms with Gasteiger partial charge in [-0.2, -0.15) is 10.2 Å². The number of anilines is 1. The third kappa shape index (κ3) is 1.60. The zero-order valence-electron chi connectivity index (χ0n) is 9.81. The highest BCUT2D eigenvalue weighted by molar-refractivity contribution is 9.10. The predicted octanol–water partition coefficient (Wildman–Crippen LogP) is 2.66. The minimum atomic E-state index is 0.572. The van der Waals surface area contributed by atoms with Gasteiger partial charge in [0.25, 0.3) is 0 Å². The fourth-order valence-corrected chi connectivity index (χ4v) is 2.42. The van der Waals surface area contributed by atoms with Crippen LogP contribution in [0.5, 0.6) is 0 Å². The van der Waals surface area contributed by atoms with E-state index in [0.29, 0.717) is 5.82 Å². The molecule has 0 unspecified atom stereocenters. The SMILES string of the molecule is CCc1nn(-c2cccc(Br)c2)c2n[nH]c(N)c12. The van der Waals surface area contributed by atoms with E-state index < -0.39 is 0 Å². The maximum absolute atomic E-state index is 5.89. The van der Waals surface area contributed by atoms with Gasteiger partial charge in [0.15, 0.2) is 5.65 Å². The average Bonchev–Trinajstić information content (AvgIpc) is 2.90. The molecule has 0 spiro atoms. The van der Waals surface area contributed by atoms with Crippen LogP contribution in [0.3, 0.4) is 0 Å². The summed E-state index contributed by atoms with van der Waals surface area (Å²) < 4.78 is 2.82. The topological polar surface area (TPSA) is 72.5 Å². The van der Waals surface area contributed by atoms with E-state index in [1.54, 1.807) is 0 Å². The number of hydrogen-bond donors (Lipinski definition) is 2. The van der Waals surface area contributed by atoms with Crippen molar-refractivity contribution in [2.75, 3.05) is 5.73 Å². The lowest BCUT2D eigenvalue weighted by atomic mass is 10.2. The molecule has 0 amide bonds. The number of halogens is 1. The van der Waals surface area contributed by atoms with Crippen LogP contribution in [0.25, 0.3) is 16.7 Å². The molecule has 0 aliphatic rings. The number of H-pyrrole nitrogens is 1. The number of nitrogens with two attached hydrogens (primary N) is 1. The highest BCUT2D eigenvalue weighted by Crippen LogP contribution is 2.26. The number of aromatic nitrogens is 4. The molecule has 0 bridgehead atoms. The molecular weight excluding hydrogens is 294 g/mol. The fourth-order valence-electron chi connectivity index (χ4n) is 2.04. The van der Waals surface area contributed by atoms with Crippen molar-refractivity contribution in [1.82, 2.24) is 20.0 Å². The van der Waals surface area contributed by atoms with Gasteiger partial charge in [0.05, 0.1) is 16.8 Å². The van der Waals surface area contributed by atoms with Gasteiger partial charge in [-0.3, -0.25) is 5.10 Å². The van der Waals surface area contributed by atoms with E-state index in [0.717, 1.165) is 33.3 Å². The first-order chi connectivity index (χ1) is 8.70. The molecule has 5 nitrogen and oxygen atoms in total. The Balaban J connectivity index is 2.29. The number of rotatable bonds is 2. The van der Waals surface area contributed by atoms with Crippen LogP contribution in [-0.4, -0.2) is 20.0 Å². The van der Waals surface area contributed by atoms with Crippen LogP contribution in [0, 0.1) is 0 Å². The van der Waals surface area contributed by atoms with E-state index in [1.807, 2.05) is 28.9 Å². The minimum absolute atomic E-state index is 0.572. The van der Waals surface area contributed by atoms with Crippen molar-refractivity contribution in [3.8, 4) is 5.69 Å². The summed E-state index contributed by atoms with van der Waals surface area (Å²) in [5, 5.41) is 12.5. The Labute approximate surface area is 112 Å². The second kappa shape index (κ2) is 4.13. The minimum Gasteiger partial charge on any atom is -0.383 e. The molecule has 3 aromatic rings. The fraction of sp³-hybridized carbons (Fsp3) is 0.167. The van der Waals surface area contributed by atoms with Gasteiger partial charge >= 0.3 is 0 Å². The summed E-state index contributed by atoms with van der Waals surface area (Å²) in [7, 11) is 0. The molecule has 0 saturated heterocycles. The number of fused-ring (bicyclic) bond motifs is 1. The molecule has 3 rings (SSSR count). The second-order valence-corrected chi connectivity index (χ2v) is 4.94. The van der Waals surface area contributed by atoms with Crippen LogP contribution >= 0.6 is 15.9 Å². The molecule has 2 aromatic heterocycles. The van der Waals surface area contributed by atoms with Gasteiger partial charge in [-0.1, -0.05) is 28.9 Å². The van der Waals surface area contributed by atoms with Crippen LogP contribution in [0.15, 0.2) is 28.7 Å². The monoisotopic (exact) mass is 305 g/mol. The first kappa shape index (κ1) is 11.3. The Morgan fingerprint density at radius 2 is 2.28 bits per heavy atom. The van der Waals surface area contributed by atoms with Crippen molar-refractivity contribution >= 4 is 32.8 Å². The van der Waals surface area contributed by atoms with E-state index in [1.165, 1.54) is 0 Å². The van der Waals surface area contributed by atoms with E-state index >= 15 is 0 Å². The molecule has 6 heteroatoms. The predicted molar refractivity (Wildman–Crippen MR) is 74.7 cm³/mol. The zero-order chi connectivity index (χ0) is 12.7. The molecule has 1 aromatic carbocycles. The van der Waals surface area contributed by atoms with Gasteiger partial charge in [-0.25, -0.2) is 4.68 Å². The van der Waals surface area contributed by atoms with Crippen LogP contribution in [-0.2, 0) is 6.42 Å². The number of benzene rings is 1. The molecule has 0 radical (unpaired) electrons. The Morgan fingerprint density at radius 1 is 1.44 bits per heavy atom. The second-order valence-electron chi connectivity index (χ2n) is 4.03. The largest absolute Gasteiger partial charge is 0.383 e. The van der Waals surface area contributed by atoms with Crippen LogP contribution in [0.4, 0.5) is 5.82 Å². The standard InChI is InChI=1S/C12H12BrN5/c1-2-9-10-11(14)15-16-12(10)18(17-9)8-5-3-4-7(13)6-8/h3-6H,2H2,1H3,(H3,14,15,16). The summed E-state index contributed by atoms with van der Waals surface area (Å²) >= 11 is 3.46. The normalized spacial score (nSPS) is 11.2. The van der Waals surface area contributed by atoms with Gasteiger partial charge in [0.1, 0.15) is 5.82 Å². The van der Waals surface area contributed by atoms with Gasteiger partial charge < -0.3 is 5.73 Å². The summed E-state index contributed by atoms with van der Waals surface area (Å²) in [5.41, 5.74) is 8.57. The molecule has 2 heterocycles. The van der Waals surface area contributed by atoms with Crippen molar-refractivity contribution < 1.29 is 0 Å². The van der Waals surface area contributed by atoms with Crippen molar-refractivity contribution in [3.63, 3.8) is 0 Å². The average molecular weight is 306 g/mol. The van der Waals surface area contributed by atoms with Gasteiger partial charge in [0, 0.05) is 4.47 Å². The van der Waals surface area contributed by atoms with E-state index in [2.05, 4.69) is 38.1 Å². The van der Waals surface area contributed by atoms with Crippen molar-refractivity contribution in [2.45, 2.75) is 13.3 Å². The molecule has 92 valence electrons. The third-order valence-electron chi connectivity index (χ3n) is 2.87. The number of nitrogens with zero attached hydrogens (tertiary/aromatic N) is 3. The lowest BCUT2D eigenvalue weighted by molar-refractivity contribution is 0.844. The first-order valence-corrected chi connectivity index (χ1v) is 6.47.